The first-order valence-corrected chi connectivity index (χ1v) is 6.49. The number of hydrogen-bond donors (Lipinski definition) is 0. The Labute approximate surface area is 116 Å². The van der Waals surface area contributed by atoms with Gasteiger partial charge in [0.25, 0.3) is 0 Å². The second-order valence-electron chi connectivity index (χ2n) is 4.05. The number of hydrogen-bond acceptors (Lipinski definition) is 3. The summed E-state index contributed by atoms with van der Waals surface area (Å²) in [5.41, 5.74) is 2.25. The van der Waals surface area contributed by atoms with Crippen LogP contribution in [0.3, 0.4) is 0 Å². The highest BCUT2D eigenvalue weighted by molar-refractivity contribution is 14.1. The molecule has 92 valence electrons. The van der Waals surface area contributed by atoms with Crippen molar-refractivity contribution in [3.63, 3.8) is 0 Å². The molecule has 3 aromatic rings. The van der Waals surface area contributed by atoms with Crippen LogP contribution in [-0.4, -0.2) is 14.3 Å². The number of aryl methyl sites for hydroxylation is 1. The Hall–Kier alpha value is -1.57. The van der Waals surface area contributed by atoms with Gasteiger partial charge in [-0.1, -0.05) is 0 Å². The van der Waals surface area contributed by atoms with E-state index in [9.17, 15) is 4.79 Å². The van der Waals surface area contributed by atoms with Crippen LogP contribution in [-0.2, 0) is 13.6 Å². The highest BCUT2D eigenvalue weighted by Crippen LogP contribution is 2.17. The summed E-state index contributed by atoms with van der Waals surface area (Å²) in [5.74, 6) is -0.349. The molecule has 2 aromatic heterocycles. The Morgan fingerprint density at radius 1 is 1.39 bits per heavy atom. The third kappa shape index (κ3) is 1.96. The number of oxazole rings is 1. The number of nitrogens with zero attached hydrogens (tertiary/aromatic N) is 3. The monoisotopic (exact) mass is 355 g/mol. The van der Waals surface area contributed by atoms with Gasteiger partial charge in [0, 0.05) is 16.8 Å². The summed E-state index contributed by atoms with van der Waals surface area (Å²) >= 11 is 2.21. The van der Waals surface area contributed by atoms with Gasteiger partial charge in [-0.2, -0.15) is 5.10 Å². The summed E-state index contributed by atoms with van der Waals surface area (Å²) in [4.78, 5) is 11.8. The van der Waals surface area contributed by atoms with E-state index in [1.54, 1.807) is 9.25 Å². The molecule has 3 rings (SSSR count). The minimum atomic E-state index is -0.349. The van der Waals surface area contributed by atoms with Crippen molar-refractivity contribution in [2.75, 3.05) is 0 Å². The van der Waals surface area contributed by atoms with Gasteiger partial charge in [-0.15, -0.1) is 0 Å². The van der Waals surface area contributed by atoms with Gasteiger partial charge in [0.15, 0.2) is 5.58 Å². The van der Waals surface area contributed by atoms with Crippen LogP contribution in [0, 0.1) is 3.57 Å². The average Bonchev–Trinajstić information content (AvgIpc) is 2.86. The summed E-state index contributed by atoms with van der Waals surface area (Å²) in [5, 5.41) is 4.27. The fraction of sp³-hybridized carbons (Fsp3) is 0.167. The van der Waals surface area contributed by atoms with Crippen LogP contribution >= 0.6 is 22.6 Å². The standard InChI is InChI=1S/C12H10IN3O2/c1-15-5-4-9(14-15)7-16-10-6-8(13)2-3-11(10)18-12(16)17/h2-6H,7H2,1H3. The zero-order chi connectivity index (χ0) is 12.7. The molecule has 0 atom stereocenters. The third-order valence-electron chi connectivity index (χ3n) is 2.72. The molecule has 18 heavy (non-hydrogen) atoms. The summed E-state index contributed by atoms with van der Waals surface area (Å²) in [6.45, 7) is 0.423. The first kappa shape index (κ1) is 11.5. The van der Waals surface area contributed by atoms with Crippen LogP contribution < -0.4 is 5.76 Å². The number of fused-ring (bicyclic) bond motifs is 1. The topological polar surface area (TPSA) is 53.0 Å². The van der Waals surface area contributed by atoms with E-state index in [4.69, 9.17) is 4.42 Å². The number of rotatable bonds is 2. The fourth-order valence-corrected chi connectivity index (χ4v) is 2.37. The molecule has 0 aliphatic carbocycles. The van der Waals surface area contributed by atoms with Gasteiger partial charge < -0.3 is 4.42 Å². The molecule has 0 N–H and O–H groups in total. The minimum Gasteiger partial charge on any atom is -0.408 e. The fourth-order valence-electron chi connectivity index (χ4n) is 1.89. The molecule has 0 radical (unpaired) electrons. The molecule has 6 heteroatoms. The first-order valence-electron chi connectivity index (χ1n) is 5.41. The van der Waals surface area contributed by atoms with Gasteiger partial charge in [-0.3, -0.25) is 9.25 Å². The van der Waals surface area contributed by atoms with Crippen LogP contribution in [0.4, 0.5) is 0 Å². The Balaban J connectivity index is 2.13. The molecular formula is C12H10IN3O2. The summed E-state index contributed by atoms with van der Waals surface area (Å²) in [7, 11) is 1.85. The summed E-state index contributed by atoms with van der Waals surface area (Å²) < 4.78 is 9.58. The lowest BCUT2D eigenvalue weighted by molar-refractivity contribution is 0.515. The Morgan fingerprint density at radius 2 is 2.22 bits per heavy atom. The Morgan fingerprint density at radius 3 is 2.94 bits per heavy atom. The highest BCUT2D eigenvalue weighted by Gasteiger charge is 2.10. The zero-order valence-corrected chi connectivity index (χ0v) is 11.8. The maximum atomic E-state index is 11.8. The van der Waals surface area contributed by atoms with E-state index >= 15 is 0 Å². The van der Waals surface area contributed by atoms with E-state index in [0.29, 0.717) is 12.1 Å². The lowest BCUT2D eigenvalue weighted by Gasteiger charge is -1.99. The third-order valence-corrected chi connectivity index (χ3v) is 3.39. The normalized spacial score (nSPS) is 11.2. The van der Waals surface area contributed by atoms with Crippen LogP contribution in [0.15, 0.2) is 39.7 Å². The molecule has 0 saturated heterocycles. The molecule has 0 spiro atoms. The van der Waals surface area contributed by atoms with Gasteiger partial charge in [-0.05, 0) is 46.9 Å². The number of aromatic nitrogens is 3. The van der Waals surface area contributed by atoms with Gasteiger partial charge in [0.2, 0.25) is 0 Å². The van der Waals surface area contributed by atoms with E-state index in [1.807, 2.05) is 37.5 Å². The first-order chi connectivity index (χ1) is 8.63. The largest absolute Gasteiger partial charge is 0.420 e. The molecule has 0 amide bonds. The van der Waals surface area contributed by atoms with Crippen molar-refractivity contribution in [1.82, 2.24) is 14.3 Å². The van der Waals surface area contributed by atoms with Crippen LogP contribution in [0.5, 0.6) is 0 Å². The molecule has 0 aliphatic rings. The highest BCUT2D eigenvalue weighted by atomic mass is 127. The van der Waals surface area contributed by atoms with Crippen molar-refractivity contribution >= 4 is 33.7 Å². The van der Waals surface area contributed by atoms with Crippen molar-refractivity contribution in [3.8, 4) is 0 Å². The predicted molar refractivity (Wildman–Crippen MR) is 75.5 cm³/mol. The second kappa shape index (κ2) is 4.27. The summed E-state index contributed by atoms with van der Waals surface area (Å²) in [6.07, 6.45) is 1.85. The van der Waals surface area contributed by atoms with Gasteiger partial charge in [-0.25, -0.2) is 4.79 Å². The Kier molecular flexibility index (Phi) is 2.73. The van der Waals surface area contributed by atoms with Crippen molar-refractivity contribution in [2.45, 2.75) is 6.54 Å². The van der Waals surface area contributed by atoms with Gasteiger partial charge in [0.1, 0.15) is 0 Å². The molecule has 0 unspecified atom stereocenters. The molecule has 0 fully saturated rings. The minimum absolute atomic E-state index is 0.349. The molecule has 0 bridgehead atoms. The van der Waals surface area contributed by atoms with Crippen molar-refractivity contribution in [2.24, 2.45) is 7.05 Å². The lowest BCUT2D eigenvalue weighted by atomic mass is 10.3. The van der Waals surface area contributed by atoms with Crippen molar-refractivity contribution in [3.05, 3.63) is 50.3 Å². The van der Waals surface area contributed by atoms with Gasteiger partial charge in [0.05, 0.1) is 17.8 Å². The van der Waals surface area contributed by atoms with Crippen molar-refractivity contribution in [1.29, 1.82) is 0 Å². The second-order valence-corrected chi connectivity index (χ2v) is 5.29. The lowest BCUT2D eigenvalue weighted by Crippen LogP contribution is -2.15. The van der Waals surface area contributed by atoms with Crippen LogP contribution in [0.25, 0.3) is 11.1 Å². The molecule has 5 nitrogen and oxygen atoms in total. The van der Waals surface area contributed by atoms with Crippen LogP contribution in [0.1, 0.15) is 5.69 Å². The number of halogens is 1. The number of benzene rings is 1. The average molecular weight is 355 g/mol. The smallest absolute Gasteiger partial charge is 0.408 e. The van der Waals surface area contributed by atoms with E-state index in [1.165, 1.54) is 0 Å². The van der Waals surface area contributed by atoms with E-state index in [2.05, 4.69) is 27.7 Å². The maximum absolute atomic E-state index is 11.8. The molecule has 0 aliphatic heterocycles. The predicted octanol–water partition coefficient (Wildman–Crippen LogP) is 1.98. The Bertz CT molecular complexity index is 769. The van der Waals surface area contributed by atoms with Gasteiger partial charge >= 0.3 is 5.76 Å². The van der Waals surface area contributed by atoms with Crippen LogP contribution in [0.2, 0.25) is 0 Å². The van der Waals surface area contributed by atoms with Crippen molar-refractivity contribution < 1.29 is 4.42 Å². The molecule has 2 heterocycles. The molecule has 0 saturated carbocycles. The van der Waals surface area contributed by atoms with E-state index < -0.39 is 0 Å². The maximum Gasteiger partial charge on any atom is 0.420 e. The molecule has 1 aromatic carbocycles. The quantitative estimate of drug-likeness (QED) is 0.661. The van der Waals surface area contributed by atoms with E-state index in [-0.39, 0.29) is 5.76 Å². The zero-order valence-electron chi connectivity index (χ0n) is 9.63. The van der Waals surface area contributed by atoms with E-state index in [0.717, 1.165) is 14.8 Å². The SMILES string of the molecule is Cn1ccc(Cn2c(=O)oc3ccc(I)cc32)n1. The summed E-state index contributed by atoms with van der Waals surface area (Å²) in [6, 6.07) is 7.55. The molecular weight excluding hydrogens is 345 g/mol.